The number of amides is 1. The first-order valence-electron chi connectivity index (χ1n) is 6.82. The molecule has 21 heavy (non-hydrogen) atoms. The highest BCUT2D eigenvalue weighted by molar-refractivity contribution is 5.98. The molecule has 0 bridgehead atoms. The Morgan fingerprint density at radius 3 is 2.81 bits per heavy atom. The molecule has 0 saturated carbocycles. The van der Waals surface area contributed by atoms with Crippen LogP contribution < -0.4 is 0 Å². The number of carbonyl (C=O) groups excluding carboxylic acids is 1. The Bertz CT molecular complexity index is 514. The smallest absolute Gasteiger partial charge is 0.328 e. The molecule has 0 radical (unpaired) electrons. The number of nitrogens with zero attached hydrogens (tertiary/aromatic N) is 2. The molecule has 6 heteroatoms. The van der Waals surface area contributed by atoms with Crippen LogP contribution in [0.5, 0.6) is 0 Å². The number of hydrogen-bond acceptors (Lipinski definition) is 4. The first kappa shape index (κ1) is 16.8. The molecular weight excluding hydrogens is 272 g/mol. The summed E-state index contributed by atoms with van der Waals surface area (Å²) >= 11 is 0. The van der Waals surface area contributed by atoms with Gasteiger partial charge in [-0.25, -0.2) is 4.79 Å². The van der Waals surface area contributed by atoms with Crippen LogP contribution in [0.3, 0.4) is 0 Å². The highest BCUT2D eigenvalue weighted by atomic mass is 16.5. The van der Waals surface area contributed by atoms with E-state index in [1.54, 1.807) is 11.0 Å². The maximum absolute atomic E-state index is 12.5. The van der Waals surface area contributed by atoms with Crippen LogP contribution in [0.15, 0.2) is 24.5 Å². The standard InChI is InChI=1S/C15H20N2O4/c1-3-17(9-10-21-4-2)15(20)13-7-8-16-11-12(13)5-6-14(18)19/h5-8,11H,3-4,9-10H2,1-2H3,(H,18,19). The largest absolute Gasteiger partial charge is 0.478 e. The van der Waals surface area contributed by atoms with Gasteiger partial charge in [0.25, 0.3) is 5.91 Å². The van der Waals surface area contributed by atoms with E-state index in [4.69, 9.17) is 9.84 Å². The topological polar surface area (TPSA) is 79.7 Å². The van der Waals surface area contributed by atoms with E-state index >= 15 is 0 Å². The van der Waals surface area contributed by atoms with Gasteiger partial charge in [-0.1, -0.05) is 0 Å². The Hall–Kier alpha value is -2.21. The van der Waals surface area contributed by atoms with Crippen molar-refractivity contribution in [3.63, 3.8) is 0 Å². The zero-order valence-corrected chi connectivity index (χ0v) is 12.3. The molecule has 1 aromatic heterocycles. The summed E-state index contributed by atoms with van der Waals surface area (Å²) in [6.45, 7) is 5.91. The normalized spacial score (nSPS) is 10.8. The molecular formula is C15H20N2O4. The second kappa shape index (κ2) is 8.86. The minimum atomic E-state index is -1.07. The number of carbonyl (C=O) groups is 2. The third-order valence-electron chi connectivity index (χ3n) is 2.87. The fourth-order valence-electron chi connectivity index (χ4n) is 1.79. The average molecular weight is 292 g/mol. The van der Waals surface area contributed by atoms with Crippen molar-refractivity contribution in [2.24, 2.45) is 0 Å². The van der Waals surface area contributed by atoms with E-state index in [-0.39, 0.29) is 5.91 Å². The Labute approximate surface area is 124 Å². The van der Waals surface area contributed by atoms with Crippen LogP contribution in [0, 0.1) is 0 Å². The summed E-state index contributed by atoms with van der Waals surface area (Å²) in [5.41, 5.74) is 0.917. The van der Waals surface area contributed by atoms with Gasteiger partial charge < -0.3 is 14.7 Å². The summed E-state index contributed by atoms with van der Waals surface area (Å²) in [4.78, 5) is 28.7. The van der Waals surface area contributed by atoms with Crippen LogP contribution in [0.4, 0.5) is 0 Å². The van der Waals surface area contributed by atoms with Gasteiger partial charge >= 0.3 is 5.97 Å². The van der Waals surface area contributed by atoms with Gasteiger partial charge in [-0.3, -0.25) is 9.78 Å². The van der Waals surface area contributed by atoms with E-state index in [0.29, 0.717) is 37.4 Å². The van der Waals surface area contributed by atoms with Crippen LogP contribution in [0.1, 0.15) is 29.8 Å². The summed E-state index contributed by atoms with van der Waals surface area (Å²) in [7, 11) is 0. The number of pyridine rings is 1. The lowest BCUT2D eigenvalue weighted by Crippen LogP contribution is -2.34. The van der Waals surface area contributed by atoms with Crippen LogP contribution >= 0.6 is 0 Å². The molecule has 1 rings (SSSR count). The average Bonchev–Trinajstić information content (AvgIpc) is 2.49. The van der Waals surface area contributed by atoms with Crippen molar-refractivity contribution in [3.05, 3.63) is 35.7 Å². The SMILES string of the molecule is CCOCCN(CC)C(=O)c1ccncc1C=CC(=O)O. The van der Waals surface area contributed by atoms with Gasteiger partial charge in [-0.05, 0) is 26.0 Å². The van der Waals surface area contributed by atoms with Crippen molar-refractivity contribution in [1.29, 1.82) is 0 Å². The Morgan fingerprint density at radius 1 is 1.43 bits per heavy atom. The number of carboxylic acids is 1. The molecule has 6 nitrogen and oxygen atoms in total. The number of aromatic nitrogens is 1. The number of carboxylic acid groups (broad SMARTS) is 1. The first-order valence-corrected chi connectivity index (χ1v) is 6.82. The lowest BCUT2D eigenvalue weighted by atomic mass is 10.1. The molecule has 0 fully saturated rings. The molecule has 0 aliphatic carbocycles. The quantitative estimate of drug-likeness (QED) is 0.582. The summed E-state index contributed by atoms with van der Waals surface area (Å²) < 4.78 is 5.26. The molecule has 0 unspecified atom stereocenters. The van der Waals surface area contributed by atoms with Crippen LogP contribution in [-0.4, -0.2) is 53.2 Å². The lowest BCUT2D eigenvalue weighted by molar-refractivity contribution is -0.131. The molecule has 0 aliphatic heterocycles. The van der Waals surface area contributed by atoms with Gasteiger partial charge in [-0.15, -0.1) is 0 Å². The third-order valence-corrected chi connectivity index (χ3v) is 2.87. The highest BCUT2D eigenvalue weighted by Gasteiger charge is 2.16. The lowest BCUT2D eigenvalue weighted by Gasteiger charge is -2.21. The monoisotopic (exact) mass is 292 g/mol. The van der Waals surface area contributed by atoms with E-state index in [1.165, 1.54) is 18.5 Å². The van der Waals surface area contributed by atoms with Gasteiger partial charge in [0.05, 0.1) is 6.61 Å². The Morgan fingerprint density at radius 2 is 2.19 bits per heavy atom. The maximum atomic E-state index is 12.5. The van der Waals surface area contributed by atoms with Crippen molar-refractivity contribution in [3.8, 4) is 0 Å². The molecule has 1 amide bonds. The number of rotatable bonds is 8. The summed E-state index contributed by atoms with van der Waals surface area (Å²) in [6.07, 6.45) is 5.36. The van der Waals surface area contributed by atoms with Crippen molar-refractivity contribution in [2.45, 2.75) is 13.8 Å². The molecule has 0 saturated heterocycles. The number of ether oxygens (including phenoxy) is 1. The number of likely N-dealkylation sites (N-methyl/N-ethyl adjacent to an activating group) is 1. The van der Waals surface area contributed by atoms with Gasteiger partial charge in [0, 0.05) is 49.3 Å². The molecule has 1 N–H and O–H groups in total. The predicted molar refractivity (Wildman–Crippen MR) is 79.0 cm³/mol. The fraction of sp³-hybridized carbons (Fsp3) is 0.400. The minimum absolute atomic E-state index is 0.162. The maximum Gasteiger partial charge on any atom is 0.328 e. The third kappa shape index (κ3) is 5.35. The van der Waals surface area contributed by atoms with Crippen molar-refractivity contribution in [2.75, 3.05) is 26.3 Å². The summed E-state index contributed by atoms with van der Waals surface area (Å²) in [5.74, 6) is -1.23. The number of hydrogen-bond donors (Lipinski definition) is 1. The van der Waals surface area contributed by atoms with Gasteiger partial charge in [0.1, 0.15) is 0 Å². The predicted octanol–water partition coefficient (Wildman–Crippen LogP) is 1.68. The van der Waals surface area contributed by atoms with Crippen molar-refractivity contribution in [1.82, 2.24) is 9.88 Å². The second-order valence-electron chi connectivity index (χ2n) is 4.22. The van der Waals surface area contributed by atoms with Crippen molar-refractivity contribution >= 4 is 18.0 Å². The second-order valence-corrected chi connectivity index (χ2v) is 4.22. The van der Waals surface area contributed by atoms with E-state index in [1.807, 2.05) is 13.8 Å². The molecule has 114 valence electrons. The molecule has 0 aromatic carbocycles. The summed E-state index contributed by atoms with van der Waals surface area (Å²) in [6, 6.07) is 1.59. The zero-order valence-electron chi connectivity index (χ0n) is 12.3. The van der Waals surface area contributed by atoms with Crippen LogP contribution in [0.2, 0.25) is 0 Å². The molecule has 1 aromatic rings. The molecule has 1 heterocycles. The van der Waals surface area contributed by atoms with Crippen LogP contribution in [-0.2, 0) is 9.53 Å². The van der Waals surface area contributed by atoms with Crippen LogP contribution in [0.25, 0.3) is 6.08 Å². The number of aliphatic carboxylic acids is 1. The fourth-order valence-corrected chi connectivity index (χ4v) is 1.79. The minimum Gasteiger partial charge on any atom is -0.478 e. The molecule has 0 aliphatic rings. The zero-order chi connectivity index (χ0) is 15.7. The van der Waals surface area contributed by atoms with E-state index < -0.39 is 5.97 Å². The Balaban J connectivity index is 2.91. The van der Waals surface area contributed by atoms with E-state index in [2.05, 4.69) is 4.98 Å². The van der Waals surface area contributed by atoms with E-state index in [0.717, 1.165) is 6.08 Å². The molecule has 0 spiro atoms. The summed E-state index contributed by atoms with van der Waals surface area (Å²) in [5, 5.41) is 8.68. The van der Waals surface area contributed by atoms with Gasteiger partial charge in [-0.2, -0.15) is 0 Å². The molecule has 0 atom stereocenters. The van der Waals surface area contributed by atoms with Gasteiger partial charge in [0.2, 0.25) is 0 Å². The Kier molecular flexibility index (Phi) is 7.11. The van der Waals surface area contributed by atoms with Crippen molar-refractivity contribution < 1.29 is 19.4 Å². The van der Waals surface area contributed by atoms with E-state index in [9.17, 15) is 9.59 Å². The van der Waals surface area contributed by atoms with Gasteiger partial charge in [0.15, 0.2) is 0 Å². The first-order chi connectivity index (χ1) is 10.1. The highest BCUT2D eigenvalue weighted by Crippen LogP contribution is 2.12.